The van der Waals surface area contributed by atoms with Crippen LogP contribution in [0.1, 0.15) is 0 Å². The lowest BCUT2D eigenvalue weighted by atomic mass is 10.4. The molecule has 76 valence electrons. The summed E-state index contributed by atoms with van der Waals surface area (Å²) in [6, 6.07) is 17.3. The lowest BCUT2D eigenvalue weighted by molar-refractivity contribution is 0.683. The van der Waals surface area contributed by atoms with E-state index >= 15 is 0 Å². The third-order valence-electron chi connectivity index (χ3n) is 1.99. The predicted molar refractivity (Wildman–Crippen MR) is 70.3 cm³/mol. The molecule has 0 saturated heterocycles. The second kappa shape index (κ2) is 4.90. The Bertz CT molecular complexity index is 482. The molecule has 0 radical (unpaired) electrons. The van der Waals surface area contributed by atoms with Crippen LogP contribution in [0.15, 0.2) is 64.4 Å². The normalized spacial score (nSPS) is 12.3. The van der Waals surface area contributed by atoms with Crippen LogP contribution in [0.2, 0.25) is 0 Å². The highest BCUT2D eigenvalue weighted by Gasteiger charge is 2.08. The summed E-state index contributed by atoms with van der Waals surface area (Å²) >= 11 is 2.21. The van der Waals surface area contributed by atoms with Crippen LogP contribution in [-0.2, 0) is 10.8 Å². The fourth-order valence-electron chi connectivity index (χ4n) is 1.27. The van der Waals surface area contributed by atoms with Crippen LogP contribution >= 0.6 is 22.6 Å². The molecule has 0 saturated carbocycles. The maximum Gasteiger partial charge on any atom is 0.0860 e. The zero-order chi connectivity index (χ0) is 10.7. The van der Waals surface area contributed by atoms with Gasteiger partial charge in [-0.05, 0) is 46.9 Å². The Labute approximate surface area is 105 Å². The van der Waals surface area contributed by atoms with Crippen molar-refractivity contribution in [1.29, 1.82) is 0 Å². The molecule has 0 aromatic heterocycles. The zero-order valence-electron chi connectivity index (χ0n) is 7.89. The Hall–Kier alpha value is -0.680. The van der Waals surface area contributed by atoms with E-state index in [0.29, 0.717) is 0 Å². The Morgan fingerprint density at radius 2 is 1.47 bits per heavy atom. The second-order valence-electron chi connectivity index (χ2n) is 3.01. The average Bonchev–Trinajstić information content (AvgIpc) is 2.30. The summed E-state index contributed by atoms with van der Waals surface area (Å²) in [7, 11) is -1.07. The van der Waals surface area contributed by atoms with E-state index in [4.69, 9.17) is 0 Å². The van der Waals surface area contributed by atoms with E-state index in [1.807, 2.05) is 54.6 Å². The molecule has 0 aliphatic heterocycles. The Morgan fingerprint density at radius 1 is 0.867 bits per heavy atom. The molecule has 0 aliphatic rings. The summed E-state index contributed by atoms with van der Waals surface area (Å²) in [5, 5.41) is 0. The number of benzene rings is 2. The van der Waals surface area contributed by atoms with Gasteiger partial charge in [0.15, 0.2) is 0 Å². The van der Waals surface area contributed by atoms with Gasteiger partial charge in [0.2, 0.25) is 0 Å². The molecule has 0 aliphatic carbocycles. The van der Waals surface area contributed by atoms with E-state index in [9.17, 15) is 4.21 Å². The van der Waals surface area contributed by atoms with Crippen molar-refractivity contribution >= 4 is 33.4 Å². The SMILES string of the molecule is O=S(c1ccccc1)c1ccccc1I. The first kappa shape index (κ1) is 10.8. The van der Waals surface area contributed by atoms with Gasteiger partial charge >= 0.3 is 0 Å². The summed E-state index contributed by atoms with van der Waals surface area (Å²) in [5.74, 6) is 0. The smallest absolute Gasteiger partial charge is 0.0860 e. The fourth-order valence-corrected chi connectivity index (χ4v) is 3.36. The molecule has 2 aromatic carbocycles. The molecule has 2 aromatic rings. The van der Waals surface area contributed by atoms with Gasteiger partial charge in [0.1, 0.15) is 0 Å². The molecular weight excluding hydrogens is 319 g/mol. The lowest BCUT2D eigenvalue weighted by Gasteiger charge is -2.03. The molecule has 1 atom stereocenters. The van der Waals surface area contributed by atoms with Crippen molar-refractivity contribution in [2.75, 3.05) is 0 Å². The third-order valence-corrected chi connectivity index (χ3v) is 4.76. The maximum atomic E-state index is 12.2. The monoisotopic (exact) mass is 328 g/mol. The number of hydrogen-bond acceptors (Lipinski definition) is 1. The van der Waals surface area contributed by atoms with Crippen molar-refractivity contribution in [2.24, 2.45) is 0 Å². The van der Waals surface area contributed by atoms with Crippen molar-refractivity contribution in [3.8, 4) is 0 Å². The van der Waals surface area contributed by atoms with E-state index in [1.165, 1.54) is 0 Å². The van der Waals surface area contributed by atoms with Crippen LogP contribution in [0.3, 0.4) is 0 Å². The van der Waals surface area contributed by atoms with Crippen molar-refractivity contribution in [1.82, 2.24) is 0 Å². The average molecular weight is 328 g/mol. The molecule has 3 heteroatoms. The Balaban J connectivity index is 2.42. The summed E-state index contributed by atoms with van der Waals surface area (Å²) in [4.78, 5) is 1.73. The van der Waals surface area contributed by atoms with Crippen LogP contribution in [0.5, 0.6) is 0 Å². The maximum absolute atomic E-state index is 12.2. The van der Waals surface area contributed by atoms with Gasteiger partial charge in [-0.3, -0.25) is 0 Å². The van der Waals surface area contributed by atoms with Crippen LogP contribution < -0.4 is 0 Å². The standard InChI is InChI=1S/C12H9IOS/c13-11-8-4-5-9-12(11)15(14)10-6-2-1-3-7-10/h1-9H. The Kier molecular flexibility index (Phi) is 3.53. The zero-order valence-corrected chi connectivity index (χ0v) is 10.9. The molecule has 0 heterocycles. The fraction of sp³-hybridized carbons (Fsp3) is 0. The molecule has 0 amide bonds. The van der Waals surface area contributed by atoms with Crippen molar-refractivity contribution in [3.63, 3.8) is 0 Å². The molecule has 0 N–H and O–H groups in total. The minimum Gasteiger partial charge on any atom is -0.249 e. The van der Waals surface area contributed by atoms with Gasteiger partial charge in [0.25, 0.3) is 0 Å². The van der Waals surface area contributed by atoms with Crippen LogP contribution in [-0.4, -0.2) is 4.21 Å². The quantitative estimate of drug-likeness (QED) is 0.772. The minimum absolute atomic E-state index is 0.849. The van der Waals surface area contributed by atoms with Gasteiger partial charge in [-0.15, -0.1) is 0 Å². The summed E-state index contributed by atoms with van der Waals surface area (Å²) in [6.07, 6.45) is 0. The third kappa shape index (κ3) is 2.46. The molecule has 1 nitrogen and oxygen atoms in total. The first-order chi connectivity index (χ1) is 7.29. The minimum atomic E-state index is -1.07. The van der Waals surface area contributed by atoms with Gasteiger partial charge in [-0.1, -0.05) is 30.3 Å². The highest BCUT2D eigenvalue weighted by Crippen LogP contribution is 2.20. The van der Waals surface area contributed by atoms with E-state index in [0.717, 1.165) is 13.4 Å². The molecule has 1 unspecified atom stereocenters. The summed E-state index contributed by atoms with van der Waals surface area (Å²) in [6.45, 7) is 0. The van der Waals surface area contributed by atoms with E-state index in [-0.39, 0.29) is 0 Å². The van der Waals surface area contributed by atoms with Gasteiger partial charge in [-0.25, -0.2) is 4.21 Å². The Morgan fingerprint density at radius 3 is 2.13 bits per heavy atom. The van der Waals surface area contributed by atoms with Crippen molar-refractivity contribution < 1.29 is 4.21 Å². The van der Waals surface area contributed by atoms with Crippen LogP contribution in [0, 0.1) is 3.57 Å². The molecule has 0 fully saturated rings. The van der Waals surface area contributed by atoms with Gasteiger partial charge in [-0.2, -0.15) is 0 Å². The lowest BCUT2D eigenvalue weighted by Crippen LogP contribution is -1.94. The highest BCUT2D eigenvalue weighted by atomic mass is 127. The van der Waals surface area contributed by atoms with E-state index < -0.39 is 10.8 Å². The number of halogens is 1. The highest BCUT2D eigenvalue weighted by molar-refractivity contribution is 14.1. The number of hydrogen-bond donors (Lipinski definition) is 0. The molecule has 0 spiro atoms. The molecule has 15 heavy (non-hydrogen) atoms. The summed E-state index contributed by atoms with van der Waals surface area (Å²) < 4.78 is 13.2. The predicted octanol–water partition coefficient (Wildman–Crippen LogP) is 3.46. The van der Waals surface area contributed by atoms with Crippen molar-refractivity contribution in [2.45, 2.75) is 9.79 Å². The van der Waals surface area contributed by atoms with E-state index in [2.05, 4.69) is 22.6 Å². The van der Waals surface area contributed by atoms with Crippen LogP contribution in [0.4, 0.5) is 0 Å². The first-order valence-corrected chi connectivity index (χ1v) is 6.73. The first-order valence-electron chi connectivity index (χ1n) is 4.50. The molecule has 2 rings (SSSR count). The van der Waals surface area contributed by atoms with E-state index in [1.54, 1.807) is 0 Å². The van der Waals surface area contributed by atoms with Gasteiger partial charge in [0.05, 0.1) is 15.7 Å². The second-order valence-corrected chi connectivity index (χ2v) is 5.62. The van der Waals surface area contributed by atoms with Crippen LogP contribution in [0.25, 0.3) is 0 Å². The molecular formula is C12H9IOS. The number of rotatable bonds is 2. The summed E-state index contributed by atoms with van der Waals surface area (Å²) in [5.41, 5.74) is 0. The molecule has 0 bridgehead atoms. The van der Waals surface area contributed by atoms with Gasteiger partial charge in [0, 0.05) is 8.47 Å². The van der Waals surface area contributed by atoms with Crippen molar-refractivity contribution in [3.05, 3.63) is 58.2 Å². The van der Waals surface area contributed by atoms with Gasteiger partial charge < -0.3 is 0 Å². The largest absolute Gasteiger partial charge is 0.249 e. The topological polar surface area (TPSA) is 17.1 Å².